The van der Waals surface area contributed by atoms with Crippen LogP contribution in [0, 0.1) is 5.41 Å². The van der Waals surface area contributed by atoms with Crippen molar-refractivity contribution in [3.8, 4) is 0 Å². The second-order valence-electron chi connectivity index (χ2n) is 5.06. The summed E-state index contributed by atoms with van der Waals surface area (Å²) < 4.78 is 0. The van der Waals surface area contributed by atoms with E-state index in [9.17, 15) is 4.79 Å². The molecule has 1 heterocycles. The molecule has 0 N–H and O–H groups in total. The fourth-order valence-corrected chi connectivity index (χ4v) is 3.25. The summed E-state index contributed by atoms with van der Waals surface area (Å²) in [7, 11) is 0. The first kappa shape index (κ1) is 11.5. The van der Waals surface area contributed by atoms with E-state index in [1.807, 2.05) is 23.1 Å². The van der Waals surface area contributed by atoms with Crippen molar-refractivity contribution >= 4 is 39.1 Å². The Hall–Kier alpha value is -0.540. The Balaban J connectivity index is 1.91. The number of halogens is 2. The second-order valence-corrected chi connectivity index (χ2v) is 6.06. The lowest BCUT2D eigenvalue weighted by molar-refractivity contribution is -0.117. The van der Waals surface area contributed by atoms with Crippen molar-refractivity contribution in [2.24, 2.45) is 5.41 Å². The smallest absolute Gasteiger partial charge is 0.231 e. The van der Waals surface area contributed by atoms with Crippen molar-refractivity contribution in [2.45, 2.75) is 19.3 Å². The van der Waals surface area contributed by atoms with Crippen LogP contribution in [-0.4, -0.2) is 17.8 Å². The van der Waals surface area contributed by atoms with E-state index in [2.05, 4.69) is 15.9 Å². The highest BCUT2D eigenvalue weighted by atomic mass is 79.9. The highest BCUT2D eigenvalue weighted by Gasteiger charge is 2.45. The van der Waals surface area contributed by atoms with Gasteiger partial charge in [-0.2, -0.15) is 0 Å². The number of nitrogens with zero attached hydrogens (tertiary/aromatic N) is 1. The number of amides is 1. The molecule has 2 aliphatic rings. The Morgan fingerprint density at radius 3 is 2.82 bits per heavy atom. The Labute approximate surface area is 114 Å². The third-order valence-electron chi connectivity index (χ3n) is 3.71. The Morgan fingerprint density at radius 2 is 2.18 bits per heavy atom. The van der Waals surface area contributed by atoms with E-state index < -0.39 is 0 Å². The maximum Gasteiger partial charge on any atom is 0.231 e. The molecule has 0 bridgehead atoms. The van der Waals surface area contributed by atoms with Gasteiger partial charge < -0.3 is 4.90 Å². The summed E-state index contributed by atoms with van der Waals surface area (Å²) in [6, 6.07) is 5.73. The van der Waals surface area contributed by atoms with Crippen LogP contribution in [0.2, 0.25) is 5.02 Å². The van der Waals surface area contributed by atoms with Gasteiger partial charge in [-0.25, -0.2) is 0 Å². The van der Waals surface area contributed by atoms with Crippen LogP contribution in [0.1, 0.15) is 18.4 Å². The summed E-state index contributed by atoms with van der Waals surface area (Å²) in [5, 5.41) is 1.67. The van der Waals surface area contributed by atoms with E-state index in [-0.39, 0.29) is 5.91 Å². The van der Waals surface area contributed by atoms with Gasteiger partial charge in [0.25, 0.3) is 0 Å². The molecule has 1 aromatic rings. The Morgan fingerprint density at radius 1 is 1.41 bits per heavy atom. The molecule has 1 aliphatic carbocycles. The first-order chi connectivity index (χ1) is 8.13. The predicted octanol–water partition coefficient (Wildman–Crippen LogP) is 3.40. The maximum atomic E-state index is 12.0. The van der Waals surface area contributed by atoms with Crippen molar-refractivity contribution in [3.05, 3.63) is 28.8 Å². The van der Waals surface area contributed by atoms with Crippen LogP contribution in [0.15, 0.2) is 18.2 Å². The molecule has 1 aliphatic heterocycles. The molecule has 1 aromatic carbocycles. The number of rotatable bonds is 3. The monoisotopic (exact) mass is 313 g/mol. The summed E-state index contributed by atoms with van der Waals surface area (Å²) in [6.45, 7) is 0.824. The van der Waals surface area contributed by atoms with Crippen LogP contribution in [-0.2, 0) is 11.2 Å². The zero-order chi connectivity index (χ0) is 12.0. The first-order valence-electron chi connectivity index (χ1n) is 5.78. The van der Waals surface area contributed by atoms with Crippen LogP contribution < -0.4 is 4.90 Å². The molecule has 2 nitrogen and oxygen atoms in total. The summed E-state index contributed by atoms with van der Waals surface area (Å²) >= 11 is 9.56. The van der Waals surface area contributed by atoms with Crippen molar-refractivity contribution in [1.29, 1.82) is 0 Å². The van der Waals surface area contributed by atoms with Crippen molar-refractivity contribution in [2.75, 3.05) is 16.8 Å². The lowest BCUT2D eigenvalue weighted by Crippen LogP contribution is -2.33. The fourth-order valence-electron chi connectivity index (χ4n) is 2.35. The number of fused-ring (bicyclic) bond motifs is 1. The molecule has 0 radical (unpaired) electrons. The minimum Gasteiger partial charge on any atom is -0.311 e. The molecule has 0 unspecified atom stereocenters. The second kappa shape index (κ2) is 3.99. The summed E-state index contributed by atoms with van der Waals surface area (Å²) in [5.74, 6) is 0.203. The lowest BCUT2D eigenvalue weighted by atomic mass is 10.1. The molecule has 0 atom stereocenters. The molecule has 0 saturated heterocycles. The molecular formula is C13H13BrClNO. The number of carbonyl (C=O) groups excluding carboxylic acids is 1. The van der Waals surface area contributed by atoms with Crippen molar-refractivity contribution < 1.29 is 4.79 Å². The molecule has 17 heavy (non-hydrogen) atoms. The van der Waals surface area contributed by atoms with E-state index >= 15 is 0 Å². The molecular weight excluding hydrogens is 302 g/mol. The highest BCUT2D eigenvalue weighted by Crippen LogP contribution is 2.49. The van der Waals surface area contributed by atoms with Gasteiger partial charge >= 0.3 is 0 Å². The zero-order valence-corrected chi connectivity index (χ0v) is 11.7. The molecule has 0 aromatic heterocycles. The first-order valence-corrected chi connectivity index (χ1v) is 7.28. The fraction of sp³-hybridized carbons (Fsp3) is 0.462. The van der Waals surface area contributed by atoms with Crippen LogP contribution in [0.5, 0.6) is 0 Å². The quantitative estimate of drug-likeness (QED) is 0.783. The number of benzene rings is 1. The summed E-state index contributed by atoms with van der Waals surface area (Å²) in [4.78, 5) is 13.9. The number of carbonyl (C=O) groups is 1. The van der Waals surface area contributed by atoms with E-state index in [0.717, 1.165) is 23.1 Å². The Bertz CT molecular complexity index is 484. The van der Waals surface area contributed by atoms with Gasteiger partial charge in [-0.3, -0.25) is 4.79 Å². The molecule has 1 amide bonds. The number of hydrogen-bond donors (Lipinski definition) is 0. The predicted molar refractivity (Wildman–Crippen MR) is 73.0 cm³/mol. The number of anilines is 1. The molecule has 1 fully saturated rings. The van der Waals surface area contributed by atoms with Crippen LogP contribution >= 0.6 is 27.5 Å². The van der Waals surface area contributed by atoms with E-state index in [4.69, 9.17) is 11.6 Å². The summed E-state index contributed by atoms with van der Waals surface area (Å²) in [6.07, 6.45) is 2.93. The average Bonchev–Trinajstić information content (AvgIpc) is 3.03. The third kappa shape index (κ3) is 2.00. The maximum absolute atomic E-state index is 12.0. The van der Waals surface area contributed by atoms with Crippen LogP contribution in [0.25, 0.3) is 0 Å². The SMILES string of the molecule is O=C1Cc2ccc(Cl)cc2N1CC1(CBr)CC1. The molecule has 90 valence electrons. The highest BCUT2D eigenvalue weighted by molar-refractivity contribution is 9.09. The molecule has 4 heteroatoms. The molecule has 1 saturated carbocycles. The van der Waals surface area contributed by atoms with Gasteiger partial charge in [-0.05, 0) is 36.0 Å². The van der Waals surface area contributed by atoms with Gasteiger partial charge in [0.15, 0.2) is 0 Å². The van der Waals surface area contributed by atoms with Crippen LogP contribution in [0.4, 0.5) is 5.69 Å². The zero-order valence-electron chi connectivity index (χ0n) is 9.38. The number of alkyl halides is 1. The average molecular weight is 315 g/mol. The third-order valence-corrected chi connectivity index (χ3v) is 5.14. The van der Waals surface area contributed by atoms with E-state index in [1.165, 1.54) is 12.8 Å². The van der Waals surface area contributed by atoms with Gasteiger partial charge in [0, 0.05) is 22.6 Å². The minimum absolute atomic E-state index is 0.203. The van der Waals surface area contributed by atoms with Gasteiger partial charge in [0.1, 0.15) is 0 Å². The standard InChI is InChI=1S/C13H13BrClNO/c14-7-13(3-4-13)8-16-11-6-10(15)2-1-9(11)5-12(16)17/h1-2,6H,3-5,7-8H2. The van der Waals surface area contributed by atoms with Crippen molar-refractivity contribution in [3.63, 3.8) is 0 Å². The van der Waals surface area contributed by atoms with Crippen molar-refractivity contribution in [1.82, 2.24) is 0 Å². The van der Waals surface area contributed by atoms with Gasteiger partial charge in [-0.15, -0.1) is 0 Å². The largest absolute Gasteiger partial charge is 0.311 e. The van der Waals surface area contributed by atoms with Gasteiger partial charge in [0.2, 0.25) is 5.91 Å². The molecule has 3 rings (SSSR count). The minimum atomic E-state index is 0.203. The summed E-state index contributed by atoms with van der Waals surface area (Å²) in [5.41, 5.74) is 2.42. The van der Waals surface area contributed by atoms with Crippen LogP contribution in [0.3, 0.4) is 0 Å². The van der Waals surface area contributed by atoms with E-state index in [0.29, 0.717) is 16.9 Å². The topological polar surface area (TPSA) is 20.3 Å². The Kier molecular flexibility index (Phi) is 2.71. The normalized spacial score (nSPS) is 20.6. The van der Waals surface area contributed by atoms with Gasteiger partial charge in [0.05, 0.1) is 6.42 Å². The lowest BCUT2D eigenvalue weighted by Gasteiger charge is -2.23. The number of hydrogen-bond acceptors (Lipinski definition) is 1. The van der Waals surface area contributed by atoms with Gasteiger partial charge in [-0.1, -0.05) is 33.6 Å². The van der Waals surface area contributed by atoms with E-state index in [1.54, 1.807) is 0 Å². The molecule has 0 spiro atoms.